The summed E-state index contributed by atoms with van der Waals surface area (Å²) in [6.07, 6.45) is 3.27. The minimum atomic E-state index is 0.578. The molecular formula is C15H27N5. The Labute approximate surface area is 122 Å². The van der Waals surface area contributed by atoms with E-state index in [-0.39, 0.29) is 0 Å². The highest BCUT2D eigenvalue weighted by molar-refractivity contribution is 5.58. The lowest BCUT2D eigenvalue weighted by Crippen LogP contribution is -2.42. The maximum Gasteiger partial charge on any atom is 0.137 e. The van der Waals surface area contributed by atoms with Gasteiger partial charge in [0.25, 0.3) is 0 Å². The Bertz CT molecular complexity index is 452. The average Bonchev–Trinajstić information content (AvgIpc) is 2.47. The van der Waals surface area contributed by atoms with Crippen molar-refractivity contribution >= 4 is 11.6 Å². The number of nitrogens with one attached hydrogen (secondary N) is 1. The van der Waals surface area contributed by atoms with E-state index < -0.39 is 0 Å². The molecular weight excluding hydrogens is 250 g/mol. The smallest absolute Gasteiger partial charge is 0.137 e. The van der Waals surface area contributed by atoms with Crippen molar-refractivity contribution in [3.8, 4) is 0 Å². The van der Waals surface area contributed by atoms with E-state index in [2.05, 4.69) is 48.0 Å². The van der Waals surface area contributed by atoms with Crippen LogP contribution in [0, 0.1) is 6.92 Å². The highest BCUT2D eigenvalue weighted by atomic mass is 15.2. The molecule has 0 saturated carbocycles. The summed E-state index contributed by atoms with van der Waals surface area (Å²) in [5, 5.41) is 3.19. The predicted octanol–water partition coefficient (Wildman–Crippen LogP) is 1.92. The summed E-state index contributed by atoms with van der Waals surface area (Å²) in [5.41, 5.74) is 1.14. The van der Waals surface area contributed by atoms with Gasteiger partial charge in [0.1, 0.15) is 17.5 Å². The van der Waals surface area contributed by atoms with Gasteiger partial charge in [0.15, 0.2) is 0 Å². The summed E-state index contributed by atoms with van der Waals surface area (Å²) in [5.74, 6) is 2.94. The van der Waals surface area contributed by atoms with E-state index in [1.54, 1.807) is 0 Å². The molecule has 1 aromatic heterocycles. The van der Waals surface area contributed by atoms with Crippen molar-refractivity contribution in [3.63, 3.8) is 0 Å². The molecule has 2 rings (SSSR count). The van der Waals surface area contributed by atoms with Crippen LogP contribution in [0.4, 0.5) is 11.6 Å². The van der Waals surface area contributed by atoms with Gasteiger partial charge in [0.2, 0.25) is 0 Å². The zero-order valence-corrected chi connectivity index (χ0v) is 13.4. The van der Waals surface area contributed by atoms with Crippen molar-refractivity contribution in [3.05, 3.63) is 11.4 Å². The fourth-order valence-corrected chi connectivity index (χ4v) is 2.85. The molecule has 1 fully saturated rings. The van der Waals surface area contributed by atoms with Gasteiger partial charge >= 0.3 is 0 Å². The van der Waals surface area contributed by atoms with Crippen LogP contribution in [0.3, 0.4) is 0 Å². The largest absolute Gasteiger partial charge is 0.373 e. The predicted molar refractivity (Wildman–Crippen MR) is 84.6 cm³/mol. The van der Waals surface area contributed by atoms with E-state index in [4.69, 9.17) is 4.98 Å². The van der Waals surface area contributed by atoms with E-state index in [1.165, 1.54) is 25.9 Å². The van der Waals surface area contributed by atoms with Gasteiger partial charge in [-0.1, -0.05) is 6.92 Å². The number of aryl methyl sites for hydroxylation is 1. The van der Waals surface area contributed by atoms with Crippen LogP contribution in [-0.4, -0.2) is 55.1 Å². The molecule has 0 aliphatic carbocycles. The third-order valence-corrected chi connectivity index (χ3v) is 4.29. The van der Waals surface area contributed by atoms with Crippen LogP contribution in [0.5, 0.6) is 0 Å². The first kappa shape index (κ1) is 15.0. The Hall–Kier alpha value is -1.36. The molecule has 5 nitrogen and oxygen atoms in total. The molecule has 0 atom stereocenters. The molecule has 1 saturated heterocycles. The Morgan fingerprint density at radius 1 is 1.30 bits per heavy atom. The van der Waals surface area contributed by atoms with E-state index in [0.717, 1.165) is 29.4 Å². The number of hydrogen-bond donors (Lipinski definition) is 1. The number of nitrogens with zero attached hydrogens (tertiary/aromatic N) is 4. The first-order valence-electron chi connectivity index (χ1n) is 7.53. The highest BCUT2D eigenvalue weighted by Crippen LogP contribution is 2.27. The van der Waals surface area contributed by atoms with Crippen molar-refractivity contribution in [2.45, 2.75) is 39.2 Å². The molecule has 20 heavy (non-hydrogen) atoms. The molecule has 0 bridgehead atoms. The molecule has 0 radical (unpaired) electrons. The van der Waals surface area contributed by atoms with Crippen LogP contribution in [-0.2, 0) is 6.42 Å². The third kappa shape index (κ3) is 3.03. The lowest BCUT2D eigenvalue weighted by molar-refractivity contribution is 0.252. The maximum absolute atomic E-state index is 4.75. The summed E-state index contributed by atoms with van der Waals surface area (Å²) in [6.45, 7) is 6.53. The van der Waals surface area contributed by atoms with E-state index in [1.807, 2.05) is 7.05 Å². The molecule has 2 heterocycles. The third-order valence-electron chi connectivity index (χ3n) is 4.29. The molecule has 0 unspecified atom stereocenters. The van der Waals surface area contributed by atoms with Crippen LogP contribution < -0.4 is 10.2 Å². The lowest BCUT2D eigenvalue weighted by atomic mass is 10.0. The second kappa shape index (κ2) is 6.39. The van der Waals surface area contributed by atoms with Crippen LogP contribution >= 0.6 is 0 Å². The van der Waals surface area contributed by atoms with Gasteiger partial charge in [0.05, 0.1) is 0 Å². The zero-order chi connectivity index (χ0) is 14.7. The number of piperidine rings is 1. The summed E-state index contributed by atoms with van der Waals surface area (Å²) in [7, 11) is 6.29. The number of likely N-dealkylation sites (tertiary alicyclic amines) is 1. The molecule has 0 aromatic carbocycles. The SMILES string of the molecule is CCc1nc(NC)c(C)c(N(C)C2CCN(C)CC2)n1. The quantitative estimate of drug-likeness (QED) is 0.911. The van der Waals surface area contributed by atoms with Gasteiger partial charge in [-0.2, -0.15) is 0 Å². The lowest BCUT2D eigenvalue weighted by Gasteiger charge is -2.36. The molecule has 1 N–H and O–H groups in total. The van der Waals surface area contributed by atoms with Gasteiger partial charge in [-0.25, -0.2) is 9.97 Å². The molecule has 0 amide bonds. The van der Waals surface area contributed by atoms with Crippen LogP contribution in [0.25, 0.3) is 0 Å². The van der Waals surface area contributed by atoms with E-state index >= 15 is 0 Å². The van der Waals surface area contributed by atoms with Crippen LogP contribution in [0.1, 0.15) is 31.2 Å². The van der Waals surface area contributed by atoms with Crippen molar-refractivity contribution in [1.29, 1.82) is 0 Å². The van der Waals surface area contributed by atoms with Crippen molar-refractivity contribution < 1.29 is 0 Å². The second-order valence-electron chi connectivity index (χ2n) is 5.69. The van der Waals surface area contributed by atoms with Crippen molar-refractivity contribution in [2.75, 3.05) is 44.4 Å². The Kier molecular flexibility index (Phi) is 4.81. The normalized spacial score (nSPS) is 17.2. The minimum Gasteiger partial charge on any atom is -0.373 e. The standard InChI is InChI=1S/C15H27N5/c1-6-13-17-14(16-3)11(2)15(18-13)20(5)12-7-9-19(4)10-8-12/h12H,6-10H2,1-5H3,(H,16,17,18). The number of anilines is 2. The summed E-state index contributed by atoms with van der Waals surface area (Å²) in [6, 6.07) is 0.578. The molecule has 1 aliphatic rings. The number of rotatable bonds is 4. The first-order chi connectivity index (χ1) is 9.56. The Morgan fingerprint density at radius 3 is 2.50 bits per heavy atom. The number of hydrogen-bond acceptors (Lipinski definition) is 5. The monoisotopic (exact) mass is 277 g/mol. The molecule has 1 aliphatic heterocycles. The van der Waals surface area contributed by atoms with E-state index in [9.17, 15) is 0 Å². The molecule has 0 spiro atoms. The first-order valence-corrected chi connectivity index (χ1v) is 7.53. The maximum atomic E-state index is 4.75. The summed E-state index contributed by atoms with van der Waals surface area (Å²) in [4.78, 5) is 14.1. The van der Waals surface area contributed by atoms with E-state index in [0.29, 0.717) is 6.04 Å². The molecule has 5 heteroatoms. The fourth-order valence-electron chi connectivity index (χ4n) is 2.85. The fraction of sp³-hybridized carbons (Fsp3) is 0.733. The van der Waals surface area contributed by atoms with Gasteiger partial charge in [-0.05, 0) is 39.9 Å². The summed E-state index contributed by atoms with van der Waals surface area (Å²) >= 11 is 0. The summed E-state index contributed by atoms with van der Waals surface area (Å²) < 4.78 is 0. The van der Waals surface area contributed by atoms with Crippen molar-refractivity contribution in [2.24, 2.45) is 0 Å². The molecule has 112 valence electrons. The highest BCUT2D eigenvalue weighted by Gasteiger charge is 2.23. The van der Waals surface area contributed by atoms with Gasteiger partial charge in [-0.15, -0.1) is 0 Å². The van der Waals surface area contributed by atoms with Crippen LogP contribution in [0.15, 0.2) is 0 Å². The second-order valence-corrected chi connectivity index (χ2v) is 5.69. The molecule has 1 aromatic rings. The van der Waals surface area contributed by atoms with Crippen LogP contribution in [0.2, 0.25) is 0 Å². The average molecular weight is 277 g/mol. The van der Waals surface area contributed by atoms with Gasteiger partial charge < -0.3 is 15.1 Å². The Morgan fingerprint density at radius 2 is 1.95 bits per heavy atom. The van der Waals surface area contributed by atoms with Gasteiger partial charge in [-0.3, -0.25) is 0 Å². The number of aromatic nitrogens is 2. The minimum absolute atomic E-state index is 0.578. The Balaban J connectivity index is 2.26. The van der Waals surface area contributed by atoms with Crippen molar-refractivity contribution in [1.82, 2.24) is 14.9 Å². The van der Waals surface area contributed by atoms with Gasteiger partial charge in [0, 0.05) is 32.1 Å². The topological polar surface area (TPSA) is 44.3 Å². The zero-order valence-electron chi connectivity index (χ0n) is 13.4.